The Labute approximate surface area is 228 Å². The number of hydrogen-bond acceptors (Lipinski definition) is 7. The standard InChI is InChI=1S/C31H34N4O4/c1-4-38-31(37)22(3)33-28(36)24-14-16-27(17-15-24)32-19-18-21(2)20-23-10-12-26(13-11-23)30-35-34-29(39-30)25-8-6-5-7-9-25/h5-17,21-22,32H,4,18-20H2,1-3H3,(H,33,36)/t21?,22-/m1/s1. The highest BCUT2D eigenvalue weighted by atomic mass is 16.5. The van der Waals surface area contributed by atoms with Gasteiger partial charge in [0.25, 0.3) is 5.91 Å². The average molecular weight is 527 g/mol. The van der Waals surface area contributed by atoms with Gasteiger partial charge in [-0.15, -0.1) is 10.2 Å². The van der Waals surface area contributed by atoms with Crippen LogP contribution >= 0.6 is 0 Å². The average Bonchev–Trinajstić information content (AvgIpc) is 3.45. The largest absolute Gasteiger partial charge is 0.464 e. The Morgan fingerprint density at radius 1 is 0.872 bits per heavy atom. The van der Waals surface area contributed by atoms with Crippen molar-refractivity contribution in [2.45, 2.75) is 39.7 Å². The number of rotatable bonds is 12. The van der Waals surface area contributed by atoms with Gasteiger partial charge < -0.3 is 19.8 Å². The van der Waals surface area contributed by atoms with Crippen molar-refractivity contribution >= 4 is 17.6 Å². The summed E-state index contributed by atoms with van der Waals surface area (Å²) in [6.45, 7) is 6.67. The second-order valence-corrected chi connectivity index (χ2v) is 9.52. The Morgan fingerprint density at radius 3 is 2.15 bits per heavy atom. The predicted octanol–water partition coefficient (Wildman–Crippen LogP) is 5.77. The number of amides is 1. The number of aromatic nitrogens is 2. The van der Waals surface area contributed by atoms with Crippen LogP contribution in [-0.4, -0.2) is 41.3 Å². The van der Waals surface area contributed by atoms with E-state index >= 15 is 0 Å². The number of carbonyl (C=O) groups excluding carboxylic acids is 2. The number of nitrogens with zero attached hydrogens (tertiary/aromatic N) is 2. The van der Waals surface area contributed by atoms with Gasteiger partial charge in [-0.1, -0.05) is 37.3 Å². The predicted molar refractivity (Wildman–Crippen MR) is 151 cm³/mol. The summed E-state index contributed by atoms with van der Waals surface area (Å²) in [4.78, 5) is 24.1. The number of esters is 1. The minimum atomic E-state index is -0.695. The summed E-state index contributed by atoms with van der Waals surface area (Å²) < 4.78 is 10.8. The molecular formula is C31H34N4O4. The van der Waals surface area contributed by atoms with E-state index in [1.165, 1.54) is 5.56 Å². The van der Waals surface area contributed by atoms with Gasteiger partial charge in [0.2, 0.25) is 11.8 Å². The van der Waals surface area contributed by atoms with Crippen molar-refractivity contribution in [3.63, 3.8) is 0 Å². The summed E-state index contributed by atoms with van der Waals surface area (Å²) in [5, 5.41) is 14.4. The SMILES string of the molecule is CCOC(=O)[C@@H](C)NC(=O)c1ccc(NCCC(C)Cc2ccc(-c3nnc(-c4ccccc4)o3)cc2)cc1. The van der Waals surface area contributed by atoms with Crippen molar-refractivity contribution in [3.8, 4) is 22.9 Å². The molecule has 3 aromatic carbocycles. The monoisotopic (exact) mass is 526 g/mol. The van der Waals surface area contributed by atoms with Gasteiger partial charge in [-0.25, -0.2) is 4.79 Å². The molecule has 0 fully saturated rings. The van der Waals surface area contributed by atoms with Crippen LogP contribution < -0.4 is 10.6 Å². The molecule has 1 amide bonds. The topological polar surface area (TPSA) is 106 Å². The lowest BCUT2D eigenvalue weighted by Crippen LogP contribution is -2.39. The fourth-order valence-electron chi connectivity index (χ4n) is 4.13. The third kappa shape index (κ3) is 7.77. The quantitative estimate of drug-likeness (QED) is 0.226. The summed E-state index contributed by atoms with van der Waals surface area (Å²) >= 11 is 0. The molecule has 39 heavy (non-hydrogen) atoms. The summed E-state index contributed by atoms with van der Waals surface area (Å²) in [6.07, 6.45) is 1.95. The first-order valence-corrected chi connectivity index (χ1v) is 13.2. The van der Waals surface area contributed by atoms with Crippen LogP contribution in [0, 0.1) is 5.92 Å². The van der Waals surface area contributed by atoms with Crippen LogP contribution in [-0.2, 0) is 16.0 Å². The summed E-state index contributed by atoms with van der Waals surface area (Å²) in [5.41, 5.74) is 4.48. The van der Waals surface area contributed by atoms with Crippen molar-refractivity contribution in [3.05, 3.63) is 90.0 Å². The molecule has 0 bridgehead atoms. The number of anilines is 1. The van der Waals surface area contributed by atoms with E-state index in [2.05, 4.69) is 39.9 Å². The maximum atomic E-state index is 12.4. The highest BCUT2D eigenvalue weighted by molar-refractivity contribution is 5.96. The Hall–Kier alpha value is -4.46. The molecule has 202 valence electrons. The molecule has 1 unspecified atom stereocenters. The number of nitrogens with one attached hydrogen (secondary N) is 2. The molecule has 1 aromatic heterocycles. The maximum Gasteiger partial charge on any atom is 0.328 e. The van der Waals surface area contributed by atoms with E-state index in [1.807, 2.05) is 54.6 Å². The van der Waals surface area contributed by atoms with Gasteiger partial charge in [0.05, 0.1) is 6.61 Å². The van der Waals surface area contributed by atoms with E-state index in [4.69, 9.17) is 9.15 Å². The fourth-order valence-corrected chi connectivity index (χ4v) is 4.13. The normalized spacial score (nSPS) is 12.4. The number of ether oxygens (including phenoxy) is 1. The fraction of sp³-hybridized carbons (Fsp3) is 0.290. The van der Waals surface area contributed by atoms with E-state index in [-0.39, 0.29) is 12.5 Å². The molecule has 2 atom stereocenters. The molecule has 8 heteroatoms. The Kier molecular flexibility index (Phi) is 9.45. The lowest BCUT2D eigenvalue weighted by Gasteiger charge is -2.14. The summed E-state index contributed by atoms with van der Waals surface area (Å²) in [5.74, 6) is 0.744. The molecule has 8 nitrogen and oxygen atoms in total. The van der Waals surface area contributed by atoms with Crippen LogP contribution in [0.5, 0.6) is 0 Å². The van der Waals surface area contributed by atoms with Gasteiger partial charge >= 0.3 is 5.97 Å². The molecule has 0 aliphatic rings. The van der Waals surface area contributed by atoms with Crippen molar-refractivity contribution in [1.82, 2.24) is 15.5 Å². The van der Waals surface area contributed by atoms with Crippen LogP contribution in [0.4, 0.5) is 5.69 Å². The smallest absolute Gasteiger partial charge is 0.328 e. The second-order valence-electron chi connectivity index (χ2n) is 9.52. The van der Waals surface area contributed by atoms with Crippen LogP contribution in [0.25, 0.3) is 22.9 Å². The van der Waals surface area contributed by atoms with Crippen LogP contribution in [0.2, 0.25) is 0 Å². The zero-order valence-corrected chi connectivity index (χ0v) is 22.5. The number of hydrogen-bond donors (Lipinski definition) is 2. The summed E-state index contributed by atoms with van der Waals surface area (Å²) in [7, 11) is 0. The van der Waals surface area contributed by atoms with Gasteiger partial charge in [0, 0.05) is 28.9 Å². The number of carbonyl (C=O) groups is 2. The van der Waals surface area contributed by atoms with E-state index in [1.54, 1.807) is 26.0 Å². The Morgan fingerprint density at radius 2 is 1.51 bits per heavy atom. The Balaban J connectivity index is 1.21. The molecule has 0 aliphatic carbocycles. The lowest BCUT2D eigenvalue weighted by atomic mass is 9.97. The van der Waals surface area contributed by atoms with Gasteiger partial charge in [-0.2, -0.15) is 0 Å². The third-order valence-corrected chi connectivity index (χ3v) is 6.33. The van der Waals surface area contributed by atoms with E-state index in [0.29, 0.717) is 23.3 Å². The van der Waals surface area contributed by atoms with Gasteiger partial charge in [-0.3, -0.25) is 4.79 Å². The lowest BCUT2D eigenvalue weighted by molar-refractivity contribution is -0.144. The highest BCUT2D eigenvalue weighted by Gasteiger charge is 2.17. The highest BCUT2D eigenvalue weighted by Crippen LogP contribution is 2.24. The molecule has 0 radical (unpaired) electrons. The molecule has 4 aromatic rings. The molecule has 0 spiro atoms. The van der Waals surface area contributed by atoms with Crippen molar-refractivity contribution in [1.29, 1.82) is 0 Å². The molecule has 4 rings (SSSR count). The van der Waals surface area contributed by atoms with Gasteiger partial charge in [0.1, 0.15) is 6.04 Å². The van der Waals surface area contributed by atoms with E-state index in [0.717, 1.165) is 36.2 Å². The molecule has 0 aliphatic heterocycles. The van der Waals surface area contributed by atoms with Crippen molar-refractivity contribution < 1.29 is 18.7 Å². The second kappa shape index (κ2) is 13.4. The first-order chi connectivity index (χ1) is 18.9. The molecule has 2 N–H and O–H groups in total. The van der Waals surface area contributed by atoms with Crippen LogP contribution in [0.1, 0.15) is 43.1 Å². The van der Waals surface area contributed by atoms with Crippen molar-refractivity contribution in [2.75, 3.05) is 18.5 Å². The minimum absolute atomic E-state index is 0.280. The minimum Gasteiger partial charge on any atom is -0.464 e. The van der Waals surface area contributed by atoms with Crippen LogP contribution in [0.15, 0.2) is 83.3 Å². The van der Waals surface area contributed by atoms with E-state index in [9.17, 15) is 9.59 Å². The molecule has 0 saturated heterocycles. The van der Waals surface area contributed by atoms with Gasteiger partial charge in [-0.05, 0) is 86.7 Å². The maximum absolute atomic E-state index is 12.4. The molecule has 1 heterocycles. The number of benzene rings is 3. The van der Waals surface area contributed by atoms with E-state index < -0.39 is 12.0 Å². The molecular weight excluding hydrogens is 492 g/mol. The zero-order chi connectivity index (χ0) is 27.6. The first kappa shape index (κ1) is 27.6. The van der Waals surface area contributed by atoms with Crippen LogP contribution in [0.3, 0.4) is 0 Å². The van der Waals surface area contributed by atoms with Crippen molar-refractivity contribution in [2.24, 2.45) is 5.92 Å². The molecule has 0 saturated carbocycles. The first-order valence-electron chi connectivity index (χ1n) is 13.2. The third-order valence-electron chi connectivity index (χ3n) is 6.33. The Bertz CT molecular complexity index is 1350. The zero-order valence-electron chi connectivity index (χ0n) is 22.5. The summed E-state index contributed by atoms with van der Waals surface area (Å²) in [6, 6.07) is 24.5. The van der Waals surface area contributed by atoms with Gasteiger partial charge in [0.15, 0.2) is 0 Å².